The van der Waals surface area contributed by atoms with Crippen molar-refractivity contribution in [3.63, 3.8) is 0 Å². The monoisotopic (exact) mass is 515 g/mol. The molecule has 1 aromatic rings. The molecule has 2 aliphatic rings. The lowest BCUT2D eigenvalue weighted by molar-refractivity contribution is -0.233. The molecule has 2 saturated carbocycles. The third kappa shape index (κ3) is 5.61. The minimum absolute atomic E-state index is 0.00548. The van der Waals surface area contributed by atoms with Gasteiger partial charge in [-0.2, -0.15) is 13.2 Å². The van der Waals surface area contributed by atoms with E-state index < -0.39 is 36.6 Å². The summed E-state index contributed by atoms with van der Waals surface area (Å²) in [5, 5.41) is 31.2. The first-order chi connectivity index (χ1) is 15.3. The van der Waals surface area contributed by atoms with Crippen LogP contribution in [0.5, 0.6) is 0 Å². The van der Waals surface area contributed by atoms with Crippen LogP contribution in [0.2, 0.25) is 10.0 Å². The fourth-order valence-corrected chi connectivity index (χ4v) is 6.66. The number of hydrogen-bond donors (Lipinski definition) is 3. The van der Waals surface area contributed by atoms with Gasteiger partial charge in [-0.25, -0.2) is 4.39 Å². The highest BCUT2D eigenvalue weighted by Gasteiger charge is 2.52. The second kappa shape index (κ2) is 10.5. The highest BCUT2D eigenvalue weighted by Crippen LogP contribution is 2.52. The Kier molecular flexibility index (Phi) is 8.59. The summed E-state index contributed by atoms with van der Waals surface area (Å²) in [7, 11) is 0. The third-order valence-electron chi connectivity index (χ3n) is 7.82. The molecule has 0 amide bonds. The molecule has 0 saturated heterocycles. The molecule has 0 aliphatic heterocycles. The van der Waals surface area contributed by atoms with Crippen LogP contribution in [-0.2, 0) is 6.42 Å². The largest absolute Gasteiger partial charge is 0.414 e. The number of rotatable bonds is 6. The number of pyridine rings is 1. The smallest absolute Gasteiger partial charge is 0.392 e. The quantitative estimate of drug-likeness (QED) is 0.425. The van der Waals surface area contributed by atoms with Crippen LogP contribution < -0.4 is 0 Å². The number of aromatic nitrogens is 1. The number of alkyl halides is 4. The lowest BCUT2D eigenvalue weighted by atomic mass is 9.56. The number of aliphatic hydroxyl groups is 3. The zero-order chi connectivity index (χ0) is 24.7. The molecule has 0 bridgehead atoms. The van der Waals surface area contributed by atoms with Crippen LogP contribution in [-0.4, -0.2) is 44.9 Å². The Morgan fingerprint density at radius 2 is 1.73 bits per heavy atom. The van der Waals surface area contributed by atoms with Gasteiger partial charge in [-0.05, 0) is 67.8 Å². The van der Waals surface area contributed by atoms with Crippen LogP contribution in [0.3, 0.4) is 0 Å². The van der Waals surface area contributed by atoms with Crippen molar-refractivity contribution < 1.29 is 32.9 Å². The molecular formula is C23H31Cl2F4NO3. The maximum Gasteiger partial charge on any atom is 0.414 e. The summed E-state index contributed by atoms with van der Waals surface area (Å²) in [6, 6.07) is 0. The third-order valence-corrected chi connectivity index (χ3v) is 8.57. The van der Waals surface area contributed by atoms with Crippen molar-refractivity contribution >= 4 is 23.2 Å². The highest BCUT2D eigenvalue weighted by molar-refractivity contribution is 6.36. The van der Waals surface area contributed by atoms with Crippen molar-refractivity contribution in [1.82, 2.24) is 4.98 Å². The van der Waals surface area contributed by atoms with Crippen molar-refractivity contribution in [2.75, 3.05) is 0 Å². The first kappa shape index (κ1) is 26.9. The topological polar surface area (TPSA) is 73.6 Å². The molecule has 10 heteroatoms. The van der Waals surface area contributed by atoms with E-state index in [4.69, 9.17) is 23.2 Å². The number of aliphatic hydroxyl groups excluding tert-OH is 3. The second-order valence-corrected chi connectivity index (χ2v) is 10.5. The normalized spacial score (nSPS) is 32.0. The van der Waals surface area contributed by atoms with Crippen molar-refractivity contribution in [2.45, 2.75) is 83.0 Å². The number of nitrogens with zero attached hydrogens (tertiary/aromatic N) is 1. The molecule has 33 heavy (non-hydrogen) atoms. The van der Waals surface area contributed by atoms with E-state index >= 15 is 0 Å². The Morgan fingerprint density at radius 1 is 1.06 bits per heavy atom. The molecule has 188 valence electrons. The van der Waals surface area contributed by atoms with E-state index in [0.29, 0.717) is 31.2 Å². The predicted octanol–water partition coefficient (Wildman–Crippen LogP) is 5.69. The van der Waals surface area contributed by atoms with E-state index in [0.717, 1.165) is 6.42 Å². The van der Waals surface area contributed by atoms with E-state index in [1.807, 2.05) is 6.92 Å². The number of halogens is 6. The van der Waals surface area contributed by atoms with E-state index in [2.05, 4.69) is 4.98 Å². The summed E-state index contributed by atoms with van der Waals surface area (Å²) in [5.41, 5.74) is 0.310. The Morgan fingerprint density at radius 3 is 2.33 bits per heavy atom. The fourth-order valence-electron chi connectivity index (χ4n) is 6.05. The van der Waals surface area contributed by atoms with Gasteiger partial charge < -0.3 is 15.3 Å². The zero-order valence-corrected chi connectivity index (χ0v) is 20.1. The second-order valence-electron chi connectivity index (χ2n) is 9.69. The molecule has 0 radical (unpaired) electrons. The molecular weight excluding hydrogens is 485 g/mol. The van der Waals surface area contributed by atoms with Gasteiger partial charge in [-0.3, -0.25) is 4.98 Å². The van der Waals surface area contributed by atoms with Gasteiger partial charge in [0.1, 0.15) is 12.3 Å². The average Bonchev–Trinajstić information content (AvgIpc) is 2.74. The molecule has 9 atom stereocenters. The van der Waals surface area contributed by atoms with Gasteiger partial charge in [0.05, 0.1) is 21.8 Å². The number of hydrogen-bond acceptors (Lipinski definition) is 4. The number of fused-ring (bicyclic) bond motifs is 1. The van der Waals surface area contributed by atoms with Crippen molar-refractivity contribution in [1.29, 1.82) is 0 Å². The van der Waals surface area contributed by atoms with Gasteiger partial charge in [0, 0.05) is 12.6 Å². The summed E-state index contributed by atoms with van der Waals surface area (Å²) in [4.78, 5) is 3.94. The summed E-state index contributed by atoms with van der Waals surface area (Å²) in [6.07, 6.45) is -6.91. The van der Waals surface area contributed by atoms with E-state index in [9.17, 15) is 32.9 Å². The van der Waals surface area contributed by atoms with Gasteiger partial charge in [-0.15, -0.1) is 0 Å². The van der Waals surface area contributed by atoms with Crippen molar-refractivity contribution in [2.24, 2.45) is 29.6 Å². The summed E-state index contributed by atoms with van der Waals surface area (Å²) < 4.78 is 53.2. The maximum atomic E-state index is 13.6. The van der Waals surface area contributed by atoms with Crippen molar-refractivity contribution in [3.8, 4) is 0 Å². The van der Waals surface area contributed by atoms with Crippen LogP contribution in [0.15, 0.2) is 6.20 Å². The molecule has 0 spiro atoms. The molecule has 0 aromatic carbocycles. The maximum absolute atomic E-state index is 13.6. The van der Waals surface area contributed by atoms with Crippen LogP contribution in [0.1, 0.15) is 63.3 Å². The van der Waals surface area contributed by atoms with Gasteiger partial charge in [0.15, 0.2) is 6.10 Å². The molecule has 1 aromatic heterocycles. The van der Waals surface area contributed by atoms with Gasteiger partial charge in [0.25, 0.3) is 0 Å². The van der Waals surface area contributed by atoms with Gasteiger partial charge in [-0.1, -0.05) is 36.5 Å². The average molecular weight is 516 g/mol. The Hall–Kier alpha value is -0.670. The lowest BCUT2D eigenvalue weighted by Gasteiger charge is -2.50. The standard InChI is InChI=1S/C23H31Cl2F4NO3/c1-10-12-4-3-5-15(22(33)23(27,28)29)14(12)7-6-13(10)18(31)8-16-17(24)9-30-20(19(16)25)21(32)11(2)26/h9-15,18,21-22,31-33H,3-8H2,1-2H3/t10?,11?,12?,13?,14?,15-,18?,21?,22-/m0/s1. The van der Waals surface area contributed by atoms with Crippen LogP contribution in [0.25, 0.3) is 0 Å². The Balaban J connectivity index is 1.77. The Labute approximate surface area is 201 Å². The van der Waals surface area contributed by atoms with Crippen LogP contribution in [0.4, 0.5) is 17.6 Å². The summed E-state index contributed by atoms with van der Waals surface area (Å²) >= 11 is 12.6. The lowest BCUT2D eigenvalue weighted by Crippen LogP contribution is -2.49. The summed E-state index contributed by atoms with van der Waals surface area (Å²) in [5.74, 6) is -1.34. The SMILES string of the molecule is CC(F)C(O)c1ncc(Cl)c(CC(O)C2CCC3C(CCC[C@@H]3[C@H](O)C(F)(F)F)C2C)c1Cl. The molecule has 3 N–H and O–H groups in total. The van der Waals surface area contributed by atoms with E-state index in [1.165, 1.54) is 13.1 Å². The molecule has 1 heterocycles. The molecule has 2 aliphatic carbocycles. The van der Waals surface area contributed by atoms with Crippen molar-refractivity contribution in [3.05, 3.63) is 27.5 Å². The predicted molar refractivity (Wildman–Crippen MR) is 118 cm³/mol. The van der Waals surface area contributed by atoms with Crippen LogP contribution >= 0.6 is 23.2 Å². The minimum atomic E-state index is -4.64. The molecule has 7 unspecified atom stereocenters. The fraction of sp³-hybridized carbons (Fsp3) is 0.783. The molecule has 2 fully saturated rings. The Bertz CT molecular complexity index is 826. The minimum Gasteiger partial charge on any atom is -0.392 e. The molecule has 4 nitrogen and oxygen atoms in total. The first-order valence-electron chi connectivity index (χ1n) is 11.4. The molecule has 3 rings (SSSR count). The van der Waals surface area contributed by atoms with E-state index in [1.54, 1.807) is 0 Å². The zero-order valence-electron chi connectivity index (χ0n) is 18.6. The highest BCUT2D eigenvalue weighted by atomic mass is 35.5. The first-order valence-corrected chi connectivity index (χ1v) is 12.2. The summed E-state index contributed by atoms with van der Waals surface area (Å²) in [6.45, 7) is 3.13. The van der Waals surface area contributed by atoms with Gasteiger partial charge in [0.2, 0.25) is 0 Å². The van der Waals surface area contributed by atoms with Gasteiger partial charge >= 0.3 is 6.18 Å². The van der Waals surface area contributed by atoms with E-state index in [-0.39, 0.29) is 45.8 Å². The van der Waals surface area contributed by atoms with Crippen LogP contribution in [0, 0.1) is 29.6 Å².